The van der Waals surface area contributed by atoms with Gasteiger partial charge in [-0.1, -0.05) is 24.3 Å². The molecule has 0 aliphatic carbocycles. The lowest BCUT2D eigenvalue weighted by Crippen LogP contribution is -2.37. The number of hydrogen-bond donors (Lipinski definition) is 2. The average molecular weight is 341 g/mol. The summed E-state index contributed by atoms with van der Waals surface area (Å²) in [6, 6.07) is 13.6. The molecule has 2 rings (SSSR count). The maximum Gasteiger partial charge on any atom is 0.315 e. The van der Waals surface area contributed by atoms with Crippen LogP contribution in [0.1, 0.15) is 24.3 Å². The molecule has 0 radical (unpaired) electrons. The van der Waals surface area contributed by atoms with Gasteiger partial charge in [0.15, 0.2) is 0 Å². The highest BCUT2D eigenvalue weighted by Crippen LogP contribution is 2.17. The quantitative estimate of drug-likeness (QED) is 0.748. The van der Waals surface area contributed by atoms with Crippen LogP contribution in [0.3, 0.4) is 0 Å². The molecule has 4 nitrogen and oxygen atoms in total. The van der Waals surface area contributed by atoms with Crippen molar-refractivity contribution in [2.45, 2.75) is 19.4 Å². The third-order valence-corrected chi connectivity index (χ3v) is 3.99. The number of carbonyl (C=O) groups is 1. The van der Waals surface area contributed by atoms with Crippen molar-refractivity contribution >= 4 is 29.8 Å². The molecule has 22 heavy (non-hydrogen) atoms. The minimum absolute atomic E-state index is 0. The Morgan fingerprint density at radius 3 is 2.68 bits per heavy atom. The monoisotopic (exact) mass is 340 g/mol. The van der Waals surface area contributed by atoms with Gasteiger partial charge in [-0.15, -0.1) is 23.7 Å². The Labute approximate surface area is 141 Å². The van der Waals surface area contributed by atoms with Crippen molar-refractivity contribution in [3.63, 3.8) is 0 Å². The summed E-state index contributed by atoms with van der Waals surface area (Å²) < 4.78 is 5.56. The minimum Gasteiger partial charge on any atom is -0.494 e. The number of benzene rings is 1. The molecular formula is C16H21ClN2O2S. The summed E-state index contributed by atoms with van der Waals surface area (Å²) in [5, 5.41) is 7.75. The number of hydrogen-bond acceptors (Lipinski definition) is 3. The van der Waals surface area contributed by atoms with Crippen LogP contribution in [0, 0.1) is 0 Å². The first-order valence-electron chi connectivity index (χ1n) is 7.01. The zero-order valence-electron chi connectivity index (χ0n) is 12.5. The molecule has 1 atom stereocenters. The Morgan fingerprint density at radius 2 is 2.00 bits per heavy atom. The van der Waals surface area contributed by atoms with Crippen molar-refractivity contribution in [3.05, 3.63) is 52.7 Å². The number of nitrogens with one attached hydrogen (secondary N) is 2. The van der Waals surface area contributed by atoms with Crippen LogP contribution < -0.4 is 15.4 Å². The van der Waals surface area contributed by atoms with Crippen molar-refractivity contribution < 1.29 is 9.53 Å². The number of rotatable bonds is 7. The summed E-state index contributed by atoms with van der Waals surface area (Å²) in [7, 11) is 0. The molecule has 0 fully saturated rings. The second kappa shape index (κ2) is 10.1. The zero-order chi connectivity index (χ0) is 14.9. The lowest BCUT2D eigenvalue weighted by molar-refractivity contribution is 0.236. The highest BCUT2D eigenvalue weighted by Gasteiger charge is 2.09. The summed E-state index contributed by atoms with van der Waals surface area (Å²) in [4.78, 5) is 12.9. The van der Waals surface area contributed by atoms with Gasteiger partial charge in [-0.25, -0.2) is 4.79 Å². The van der Waals surface area contributed by atoms with Gasteiger partial charge in [0.1, 0.15) is 5.75 Å². The number of halogens is 1. The standard InChI is InChI=1S/C16H20N2O2S.ClH/c1-13(15-9-5-12-21-15)18-16(19)17-10-6-11-20-14-7-3-2-4-8-14;/h2-5,7-9,12-13H,6,10-11H2,1H3,(H2,17,18,19);1H. The van der Waals surface area contributed by atoms with Gasteiger partial charge < -0.3 is 15.4 Å². The largest absolute Gasteiger partial charge is 0.494 e. The number of urea groups is 1. The molecule has 1 aromatic heterocycles. The first kappa shape index (κ1) is 18.3. The molecule has 0 spiro atoms. The lowest BCUT2D eigenvalue weighted by Gasteiger charge is -2.13. The number of amides is 2. The highest BCUT2D eigenvalue weighted by atomic mass is 35.5. The van der Waals surface area contributed by atoms with Crippen LogP contribution in [0.15, 0.2) is 47.8 Å². The molecule has 0 aliphatic heterocycles. The summed E-state index contributed by atoms with van der Waals surface area (Å²) in [5.41, 5.74) is 0. The molecule has 0 saturated carbocycles. The number of ether oxygens (including phenoxy) is 1. The molecule has 6 heteroatoms. The fraction of sp³-hybridized carbons (Fsp3) is 0.312. The first-order valence-corrected chi connectivity index (χ1v) is 7.89. The van der Waals surface area contributed by atoms with Crippen LogP contribution in [0.25, 0.3) is 0 Å². The summed E-state index contributed by atoms with van der Waals surface area (Å²) in [6.07, 6.45) is 0.774. The summed E-state index contributed by atoms with van der Waals surface area (Å²) in [6.45, 7) is 3.16. The van der Waals surface area contributed by atoms with E-state index in [1.807, 2.05) is 54.8 Å². The van der Waals surface area contributed by atoms with E-state index in [0.29, 0.717) is 13.2 Å². The third-order valence-electron chi connectivity index (χ3n) is 2.94. The van der Waals surface area contributed by atoms with Gasteiger partial charge in [0.25, 0.3) is 0 Å². The molecule has 2 N–H and O–H groups in total. The van der Waals surface area contributed by atoms with Crippen LogP contribution in [0.4, 0.5) is 4.79 Å². The topological polar surface area (TPSA) is 50.4 Å². The Hall–Kier alpha value is -1.72. The van der Waals surface area contributed by atoms with E-state index in [2.05, 4.69) is 10.6 Å². The molecule has 120 valence electrons. The fourth-order valence-electron chi connectivity index (χ4n) is 1.84. The van der Waals surface area contributed by atoms with Crippen LogP contribution in [-0.2, 0) is 0 Å². The predicted octanol–water partition coefficient (Wildman–Crippen LogP) is 4.00. The van der Waals surface area contributed by atoms with Crippen LogP contribution in [0.2, 0.25) is 0 Å². The number of carbonyl (C=O) groups excluding carboxylic acids is 1. The predicted molar refractivity (Wildman–Crippen MR) is 93.1 cm³/mol. The van der Waals surface area contributed by atoms with E-state index in [4.69, 9.17) is 4.74 Å². The van der Waals surface area contributed by atoms with Crippen molar-refractivity contribution in [2.24, 2.45) is 0 Å². The molecule has 0 bridgehead atoms. The van der Waals surface area contributed by atoms with E-state index in [-0.39, 0.29) is 24.5 Å². The Morgan fingerprint density at radius 1 is 1.23 bits per heavy atom. The van der Waals surface area contributed by atoms with Gasteiger partial charge in [-0.2, -0.15) is 0 Å². The van der Waals surface area contributed by atoms with E-state index in [0.717, 1.165) is 17.0 Å². The normalized spacial score (nSPS) is 11.1. The molecule has 2 amide bonds. The van der Waals surface area contributed by atoms with Crippen molar-refractivity contribution in [2.75, 3.05) is 13.2 Å². The van der Waals surface area contributed by atoms with Crippen LogP contribution >= 0.6 is 23.7 Å². The Balaban J connectivity index is 0.00000242. The third kappa shape index (κ3) is 6.37. The van der Waals surface area contributed by atoms with Crippen molar-refractivity contribution in [1.82, 2.24) is 10.6 Å². The van der Waals surface area contributed by atoms with Crippen molar-refractivity contribution in [1.29, 1.82) is 0 Å². The molecule has 1 aromatic carbocycles. The highest BCUT2D eigenvalue weighted by molar-refractivity contribution is 7.10. The molecule has 0 saturated heterocycles. The number of para-hydroxylation sites is 1. The van der Waals surface area contributed by atoms with Crippen molar-refractivity contribution in [3.8, 4) is 5.75 Å². The molecule has 1 unspecified atom stereocenters. The Bertz CT molecular complexity index is 534. The molecular weight excluding hydrogens is 320 g/mol. The summed E-state index contributed by atoms with van der Waals surface area (Å²) >= 11 is 1.64. The van der Waals surface area contributed by atoms with E-state index < -0.39 is 0 Å². The van der Waals surface area contributed by atoms with Crippen LogP contribution in [-0.4, -0.2) is 19.2 Å². The van der Waals surface area contributed by atoms with Gasteiger partial charge in [-0.05, 0) is 36.9 Å². The maximum atomic E-state index is 11.7. The molecule has 2 aromatic rings. The maximum absolute atomic E-state index is 11.7. The van der Waals surface area contributed by atoms with Crippen LogP contribution in [0.5, 0.6) is 5.75 Å². The van der Waals surface area contributed by atoms with E-state index in [1.165, 1.54) is 0 Å². The zero-order valence-corrected chi connectivity index (χ0v) is 14.1. The van der Waals surface area contributed by atoms with Gasteiger partial charge in [0, 0.05) is 11.4 Å². The molecule has 0 aliphatic rings. The van der Waals surface area contributed by atoms with Gasteiger partial charge in [0.2, 0.25) is 0 Å². The van der Waals surface area contributed by atoms with E-state index in [1.54, 1.807) is 11.3 Å². The van der Waals surface area contributed by atoms with Gasteiger partial charge in [0.05, 0.1) is 12.6 Å². The number of thiophene rings is 1. The van der Waals surface area contributed by atoms with E-state index in [9.17, 15) is 4.79 Å². The SMILES string of the molecule is CC(NC(=O)NCCCOc1ccccc1)c1cccs1.Cl. The van der Waals surface area contributed by atoms with Gasteiger partial charge in [-0.3, -0.25) is 0 Å². The average Bonchev–Trinajstić information content (AvgIpc) is 3.02. The minimum atomic E-state index is -0.143. The Kier molecular flexibility index (Phi) is 8.40. The lowest BCUT2D eigenvalue weighted by atomic mass is 10.3. The smallest absolute Gasteiger partial charge is 0.315 e. The second-order valence-electron chi connectivity index (χ2n) is 4.65. The summed E-state index contributed by atoms with van der Waals surface area (Å²) in [5.74, 6) is 0.855. The van der Waals surface area contributed by atoms with Gasteiger partial charge >= 0.3 is 6.03 Å². The van der Waals surface area contributed by atoms with E-state index >= 15 is 0 Å². The first-order chi connectivity index (χ1) is 10.3. The second-order valence-corrected chi connectivity index (χ2v) is 5.63. The molecule has 1 heterocycles. The fourth-order valence-corrected chi connectivity index (χ4v) is 2.57.